The molecule has 0 aliphatic carbocycles. The third-order valence-corrected chi connectivity index (χ3v) is 3.86. The molecule has 0 aliphatic heterocycles. The third kappa shape index (κ3) is 3.35. The minimum Gasteiger partial charge on any atom is -0.443 e. The number of oxazole rings is 1. The molecular weight excluding hydrogens is 296 g/mol. The van der Waals surface area contributed by atoms with Crippen molar-refractivity contribution in [3.63, 3.8) is 0 Å². The van der Waals surface area contributed by atoms with Crippen LogP contribution >= 0.6 is 23.4 Å². The van der Waals surface area contributed by atoms with Crippen molar-refractivity contribution in [1.29, 1.82) is 0 Å². The van der Waals surface area contributed by atoms with E-state index in [2.05, 4.69) is 10.3 Å². The number of hydrogen-bond acceptors (Lipinski definition) is 4. The summed E-state index contributed by atoms with van der Waals surface area (Å²) in [5.74, 6) is 0.977. The van der Waals surface area contributed by atoms with E-state index in [1.807, 2.05) is 25.3 Å². The largest absolute Gasteiger partial charge is 0.443 e. The van der Waals surface area contributed by atoms with Gasteiger partial charge in [-0.2, -0.15) is 11.8 Å². The molecule has 0 saturated heterocycles. The molecular formula is C14H15ClN2O2S. The predicted octanol–water partition coefficient (Wildman–Crippen LogP) is 3.48. The Morgan fingerprint density at radius 3 is 2.95 bits per heavy atom. The van der Waals surface area contributed by atoms with Crippen LogP contribution in [-0.4, -0.2) is 28.9 Å². The molecule has 0 spiro atoms. The highest BCUT2D eigenvalue weighted by Crippen LogP contribution is 2.29. The van der Waals surface area contributed by atoms with Gasteiger partial charge in [0.15, 0.2) is 17.8 Å². The zero-order valence-electron chi connectivity index (χ0n) is 11.2. The highest BCUT2D eigenvalue weighted by atomic mass is 35.5. The SMILES string of the molecule is CSC[C@H](C)NC(=O)c1ncoc1-c1ccccc1Cl. The molecule has 0 aliphatic rings. The van der Waals surface area contributed by atoms with Gasteiger partial charge in [0.2, 0.25) is 0 Å². The Kier molecular flexibility index (Phi) is 5.09. The molecule has 1 amide bonds. The maximum absolute atomic E-state index is 12.2. The van der Waals surface area contributed by atoms with E-state index in [4.69, 9.17) is 16.0 Å². The average molecular weight is 311 g/mol. The fourth-order valence-electron chi connectivity index (χ4n) is 1.83. The van der Waals surface area contributed by atoms with Gasteiger partial charge in [-0.05, 0) is 25.3 Å². The maximum Gasteiger partial charge on any atom is 0.274 e. The summed E-state index contributed by atoms with van der Waals surface area (Å²) in [6.07, 6.45) is 3.25. The Morgan fingerprint density at radius 1 is 1.50 bits per heavy atom. The van der Waals surface area contributed by atoms with E-state index in [1.54, 1.807) is 23.9 Å². The normalized spacial score (nSPS) is 12.2. The van der Waals surface area contributed by atoms with Crippen molar-refractivity contribution in [1.82, 2.24) is 10.3 Å². The number of amides is 1. The average Bonchev–Trinajstić information content (AvgIpc) is 2.88. The summed E-state index contributed by atoms with van der Waals surface area (Å²) < 4.78 is 5.33. The van der Waals surface area contributed by atoms with Crippen molar-refractivity contribution in [3.05, 3.63) is 41.4 Å². The summed E-state index contributed by atoms with van der Waals surface area (Å²) in [5, 5.41) is 3.41. The third-order valence-electron chi connectivity index (χ3n) is 2.70. The van der Waals surface area contributed by atoms with Gasteiger partial charge in [-0.25, -0.2) is 4.98 Å². The van der Waals surface area contributed by atoms with E-state index in [0.717, 1.165) is 5.75 Å². The van der Waals surface area contributed by atoms with E-state index in [9.17, 15) is 4.79 Å². The van der Waals surface area contributed by atoms with Crippen molar-refractivity contribution >= 4 is 29.3 Å². The smallest absolute Gasteiger partial charge is 0.274 e. The van der Waals surface area contributed by atoms with E-state index in [-0.39, 0.29) is 17.6 Å². The second kappa shape index (κ2) is 6.81. The first kappa shape index (κ1) is 14.9. The van der Waals surface area contributed by atoms with Crippen LogP contribution in [0.25, 0.3) is 11.3 Å². The molecule has 1 atom stereocenters. The Balaban J connectivity index is 2.25. The summed E-state index contributed by atoms with van der Waals surface area (Å²) in [6, 6.07) is 7.26. The van der Waals surface area contributed by atoms with Crippen molar-refractivity contribution in [2.24, 2.45) is 0 Å². The van der Waals surface area contributed by atoms with Crippen LogP contribution in [0, 0.1) is 0 Å². The van der Waals surface area contributed by atoms with Gasteiger partial charge in [-0.3, -0.25) is 4.79 Å². The molecule has 1 N–H and O–H groups in total. The first-order valence-electron chi connectivity index (χ1n) is 6.11. The molecule has 0 saturated carbocycles. The van der Waals surface area contributed by atoms with E-state index in [0.29, 0.717) is 16.3 Å². The summed E-state index contributed by atoms with van der Waals surface area (Å²) in [5.41, 5.74) is 0.917. The van der Waals surface area contributed by atoms with Gasteiger partial charge in [0.1, 0.15) is 0 Å². The molecule has 1 aromatic carbocycles. The molecule has 4 nitrogen and oxygen atoms in total. The number of aromatic nitrogens is 1. The molecule has 1 heterocycles. The second-order valence-corrected chi connectivity index (χ2v) is 5.66. The molecule has 1 aromatic heterocycles. The van der Waals surface area contributed by atoms with Gasteiger partial charge in [-0.1, -0.05) is 23.7 Å². The molecule has 0 unspecified atom stereocenters. The van der Waals surface area contributed by atoms with Crippen LogP contribution in [-0.2, 0) is 0 Å². The highest BCUT2D eigenvalue weighted by molar-refractivity contribution is 7.98. The molecule has 0 fully saturated rings. The van der Waals surface area contributed by atoms with Gasteiger partial charge >= 0.3 is 0 Å². The summed E-state index contributed by atoms with van der Waals surface area (Å²) in [7, 11) is 0. The van der Waals surface area contributed by atoms with Crippen molar-refractivity contribution in [2.45, 2.75) is 13.0 Å². The lowest BCUT2D eigenvalue weighted by atomic mass is 10.1. The minimum atomic E-state index is -0.254. The molecule has 6 heteroatoms. The lowest BCUT2D eigenvalue weighted by molar-refractivity contribution is 0.0939. The molecule has 2 rings (SSSR count). The van der Waals surface area contributed by atoms with Crippen LogP contribution in [0.2, 0.25) is 5.02 Å². The molecule has 106 valence electrons. The van der Waals surface area contributed by atoms with Crippen molar-refractivity contribution < 1.29 is 9.21 Å². The number of carbonyl (C=O) groups is 1. The fraction of sp³-hybridized carbons (Fsp3) is 0.286. The fourth-order valence-corrected chi connectivity index (χ4v) is 2.63. The van der Waals surface area contributed by atoms with Gasteiger partial charge in [-0.15, -0.1) is 0 Å². The zero-order valence-corrected chi connectivity index (χ0v) is 12.8. The number of carbonyl (C=O) groups excluding carboxylic acids is 1. The second-order valence-electron chi connectivity index (χ2n) is 4.34. The van der Waals surface area contributed by atoms with Gasteiger partial charge < -0.3 is 9.73 Å². The quantitative estimate of drug-likeness (QED) is 0.918. The summed E-state index contributed by atoms with van der Waals surface area (Å²) in [6.45, 7) is 1.95. The van der Waals surface area contributed by atoms with Crippen molar-refractivity contribution in [2.75, 3.05) is 12.0 Å². The van der Waals surface area contributed by atoms with E-state index < -0.39 is 0 Å². The number of benzene rings is 1. The van der Waals surface area contributed by atoms with Gasteiger partial charge in [0.25, 0.3) is 5.91 Å². The highest BCUT2D eigenvalue weighted by Gasteiger charge is 2.20. The summed E-state index contributed by atoms with van der Waals surface area (Å²) >= 11 is 7.80. The van der Waals surface area contributed by atoms with Crippen LogP contribution in [0.15, 0.2) is 35.1 Å². The molecule has 0 radical (unpaired) electrons. The van der Waals surface area contributed by atoms with Gasteiger partial charge in [0.05, 0.1) is 5.02 Å². The Bertz CT molecular complexity index is 600. The standard InChI is InChI=1S/C14H15ClN2O2S/c1-9(7-20-2)17-14(18)12-13(19-8-16-12)10-5-3-4-6-11(10)15/h3-6,8-9H,7H2,1-2H3,(H,17,18)/t9-/m0/s1. The number of nitrogens with one attached hydrogen (secondary N) is 1. The van der Waals surface area contributed by atoms with Crippen LogP contribution in [0.4, 0.5) is 0 Å². The Morgan fingerprint density at radius 2 is 2.25 bits per heavy atom. The first-order valence-corrected chi connectivity index (χ1v) is 7.89. The van der Waals surface area contributed by atoms with Crippen LogP contribution in [0.1, 0.15) is 17.4 Å². The van der Waals surface area contributed by atoms with Crippen molar-refractivity contribution in [3.8, 4) is 11.3 Å². The molecule has 2 aromatic rings. The van der Waals surface area contributed by atoms with Crippen LogP contribution in [0.5, 0.6) is 0 Å². The minimum absolute atomic E-state index is 0.0632. The number of hydrogen-bond donors (Lipinski definition) is 1. The monoisotopic (exact) mass is 310 g/mol. The molecule has 20 heavy (non-hydrogen) atoms. The van der Waals surface area contributed by atoms with Crippen LogP contribution in [0.3, 0.4) is 0 Å². The molecule has 0 bridgehead atoms. The Labute approximate surface area is 126 Å². The van der Waals surface area contributed by atoms with Crippen LogP contribution < -0.4 is 5.32 Å². The number of thioether (sulfide) groups is 1. The first-order chi connectivity index (χ1) is 9.63. The zero-order chi connectivity index (χ0) is 14.5. The number of halogens is 1. The number of rotatable bonds is 5. The van der Waals surface area contributed by atoms with E-state index in [1.165, 1.54) is 6.39 Å². The maximum atomic E-state index is 12.2. The Hall–Kier alpha value is -1.46. The van der Waals surface area contributed by atoms with E-state index >= 15 is 0 Å². The lowest BCUT2D eigenvalue weighted by Gasteiger charge is -2.11. The summed E-state index contributed by atoms with van der Waals surface area (Å²) in [4.78, 5) is 16.2. The van der Waals surface area contributed by atoms with Gasteiger partial charge in [0, 0.05) is 17.4 Å². The number of nitrogens with zero attached hydrogens (tertiary/aromatic N) is 1. The predicted molar refractivity (Wildman–Crippen MR) is 82.3 cm³/mol. The topological polar surface area (TPSA) is 55.1 Å². The lowest BCUT2D eigenvalue weighted by Crippen LogP contribution is -2.34.